The second kappa shape index (κ2) is 6.68. The first kappa shape index (κ1) is 16.8. The molecule has 0 saturated heterocycles. The third kappa shape index (κ3) is 2.71. The van der Waals surface area contributed by atoms with Crippen LogP contribution in [0.4, 0.5) is 0 Å². The fourth-order valence-corrected chi connectivity index (χ4v) is 3.94. The van der Waals surface area contributed by atoms with Crippen LogP contribution in [0.3, 0.4) is 0 Å². The van der Waals surface area contributed by atoms with E-state index in [0.717, 1.165) is 46.1 Å². The molecule has 3 aromatic carbocycles. The molecule has 5 rings (SSSR count). The molecule has 138 valence electrons. The maximum atomic E-state index is 6.21. The summed E-state index contributed by atoms with van der Waals surface area (Å²) in [5.74, 6) is 3.22. The highest BCUT2D eigenvalue weighted by molar-refractivity contribution is 5.67. The zero-order valence-corrected chi connectivity index (χ0v) is 16.0. The van der Waals surface area contributed by atoms with Gasteiger partial charge in [-0.1, -0.05) is 67.6 Å². The summed E-state index contributed by atoms with van der Waals surface area (Å²) in [6.45, 7) is 4.07. The van der Waals surface area contributed by atoms with Gasteiger partial charge >= 0.3 is 0 Å². The SMILES string of the molecule is CCc1ccc(-c2nc(C)oc2C2c3ccccc3Oc3ccccc32)cc1. The molecule has 0 atom stereocenters. The van der Waals surface area contributed by atoms with Gasteiger partial charge in [0.15, 0.2) is 5.89 Å². The van der Waals surface area contributed by atoms with Gasteiger partial charge in [-0.15, -0.1) is 0 Å². The van der Waals surface area contributed by atoms with E-state index < -0.39 is 0 Å². The minimum Gasteiger partial charge on any atom is -0.457 e. The van der Waals surface area contributed by atoms with Crippen molar-refractivity contribution in [3.63, 3.8) is 0 Å². The zero-order chi connectivity index (χ0) is 19.1. The molecule has 0 bridgehead atoms. The van der Waals surface area contributed by atoms with Crippen LogP contribution < -0.4 is 4.74 Å². The molecule has 0 fully saturated rings. The number of aromatic nitrogens is 1. The van der Waals surface area contributed by atoms with Crippen molar-refractivity contribution >= 4 is 0 Å². The van der Waals surface area contributed by atoms with Crippen molar-refractivity contribution in [1.29, 1.82) is 0 Å². The summed E-state index contributed by atoms with van der Waals surface area (Å²) in [6, 6.07) is 24.9. The van der Waals surface area contributed by atoms with Crippen molar-refractivity contribution in [2.24, 2.45) is 0 Å². The first-order valence-electron chi connectivity index (χ1n) is 9.67. The van der Waals surface area contributed by atoms with E-state index >= 15 is 0 Å². The Kier molecular flexibility index (Phi) is 4.01. The summed E-state index contributed by atoms with van der Waals surface area (Å²) in [6.07, 6.45) is 1.02. The number of rotatable bonds is 3. The molecule has 0 saturated carbocycles. The molecule has 0 N–H and O–H groups in total. The average Bonchev–Trinajstić information content (AvgIpc) is 3.13. The van der Waals surface area contributed by atoms with Crippen molar-refractivity contribution in [2.45, 2.75) is 26.2 Å². The van der Waals surface area contributed by atoms with Gasteiger partial charge in [0.2, 0.25) is 0 Å². The predicted molar refractivity (Wildman–Crippen MR) is 110 cm³/mol. The molecule has 0 unspecified atom stereocenters. The van der Waals surface area contributed by atoms with Gasteiger partial charge in [0.1, 0.15) is 23.0 Å². The number of ether oxygens (including phenoxy) is 1. The molecule has 28 heavy (non-hydrogen) atoms. The van der Waals surface area contributed by atoms with Gasteiger partial charge in [-0.05, 0) is 24.1 Å². The Morgan fingerprint density at radius 3 is 2.04 bits per heavy atom. The highest BCUT2D eigenvalue weighted by Gasteiger charge is 2.33. The quantitative estimate of drug-likeness (QED) is 0.365. The normalized spacial score (nSPS) is 12.9. The highest BCUT2D eigenvalue weighted by atomic mass is 16.5. The molecule has 3 heteroatoms. The van der Waals surface area contributed by atoms with Gasteiger partial charge in [-0.3, -0.25) is 0 Å². The first-order valence-corrected chi connectivity index (χ1v) is 9.67. The monoisotopic (exact) mass is 367 g/mol. The Balaban J connectivity index is 1.72. The lowest BCUT2D eigenvalue weighted by atomic mass is 9.84. The van der Waals surface area contributed by atoms with E-state index in [9.17, 15) is 0 Å². The second-order valence-electron chi connectivity index (χ2n) is 7.11. The fraction of sp³-hybridized carbons (Fsp3) is 0.160. The maximum Gasteiger partial charge on any atom is 0.191 e. The summed E-state index contributed by atoms with van der Waals surface area (Å²) in [5, 5.41) is 0. The summed E-state index contributed by atoms with van der Waals surface area (Å²) >= 11 is 0. The van der Waals surface area contributed by atoms with Gasteiger partial charge in [0.05, 0.1) is 5.92 Å². The van der Waals surface area contributed by atoms with Crippen LogP contribution in [-0.4, -0.2) is 4.98 Å². The number of hydrogen-bond donors (Lipinski definition) is 0. The lowest BCUT2D eigenvalue weighted by Gasteiger charge is -2.27. The molecule has 3 nitrogen and oxygen atoms in total. The maximum absolute atomic E-state index is 6.21. The molecule has 0 spiro atoms. The summed E-state index contributed by atoms with van der Waals surface area (Å²) in [7, 11) is 0. The minimum absolute atomic E-state index is 0.0526. The Hall–Kier alpha value is -3.33. The smallest absolute Gasteiger partial charge is 0.191 e. The van der Waals surface area contributed by atoms with Crippen molar-refractivity contribution < 1.29 is 9.15 Å². The van der Waals surface area contributed by atoms with Crippen LogP contribution in [0.15, 0.2) is 77.2 Å². The largest absolute Gasteiger partial charge is 0.457 e. The molecular weight excluding hydrogens is 346 g/mol. The number of hydrogen-bond acceptors (Lipinski definition) is 3. The molecule has 2 heterocycles. The molecule has 1 aliphatic rings. The van der Waals surface area contributed by atoms with Gasteiger partial charge in [0, 0.05) is 23.6 Å². The average molecular weight is 367 g/mol. The topological polar surface area (TPSA) is 35.3 Å². The number of fused-ring (bicyclic) bond motifs is 2. The Morgan fingerprint density at radius 2 is 1.43 bits per heavy atom. The Labute approximate surface area is 164 Å². The summed E-state index contributed by atoms with van der Waals surface area (Å²) in [5.41, 5.74) is 5.49. The van der Waals surface area contributed by atoms with Crippen molar-refractivity contribution in [2.75, 3.05) is 0 Å². The van der Waals surface area contributed by atoms with Crippen molar-refractivity contribution in [3.05, 3.63) is 101 Å². The van der Waals surface area contributed by atoms with Crippen LogP contribution in [0.25, 0.3) is 11.3 Å². The van der Waals surface area contributed by atoms with Crippen LogP contribution in [-0.2, 0) is 6.42 Å². The van der Waals surface area contributed by atoms with Crippen molar-refractivity contribution in [3.8, 4) is 22.8 Å². The lowest BCUT2D eigenvalue weighted by molar-refractivity contribution is 0.425. The number of para-hydroxylation sites is 2. The lowest BCUT2D eigenvalue weighted by Crippen LogP contribution is -2.11. The Bertz CT molecular complexity index is 1100. The van der Waals surface area contributed by atoms with Gasteiger partial charge < -0.3 is 9.15 Å². The van der Waals surface area contributed by atoms with Gasteiger partial charge in [-0.2, -0.15) is 0 Å². The number of aryl methyl sites for hydroxylation is 2. The van der Waals surface area contributed by atoms with E-state index in [1.165, 1.54) is 5.56 Å². The second-order valence-corrected chi connectivity index (χ2v) is 7.11. The van der Waals surface area contributed by atoms with E-state index in [1.54, 1.807) is 0 Å². The van der Waals surface area contributed by atoms with Crippen LogP contribution in [0.2, 0.25) is 0 Å². The number of benzene rings is 3. The van der Waals surface area contributed by atoms with E-state index in [-0.39, 0.29) is 5.92 Å². The van der Waals surface area contributed by atoms with E-state index in [1.807, 2.05) is 43.3 Å². The number of nitrogens with zero attached hydrogens (tertiary/aromatic N) is 1. The van der Waals surface area contributed by atoms with Crippen molar-refractivity contribution in [1.82, 2.24) is 4.98 Å². The van der Waals surface area contributed by atoms with E-state index in [4.69, 9.17) is 14.1 Å². The van der Waals surface area contributed by atoms with Crippen LogP contribution >= 0.6 is 0 Å². The van der Waals surface area contributed by atoms with Gasteiger partial charge in [0.25, 0.3) is 0 Å². The van der Waals surface area contributed by atoms with E-state index in [0.29, 0.717) is 5.89 Å². The van der Waals surface area contributed by atoms with Crippen LogP contribution in [0, 0.1) is 6.92 Å². The molecule has 0 radical (unpaired) electrons. The number of oxazole rings is 1. The standard InChI is InChI=1S/C25H21NO2/c1-3-17-12-14-18(15-13-17)24-25(27-16(2)26-24)23-19-8-4-6-10-21(19)28-22-11-7-5-9-20(22)23/h4-15,23H,3H2,1-2H3. The van der Waals surface area contributed by atoms with Crippen LogP contribution in [0.5, 0.6) is 11.5 Å². The van der Waals surface area contributed by atoms with Crippen LogP contribution in [0.1, 0.15) is 41.2 Å². The van der Waals surface area contributed by atoms with E-state index in [2.05, 4.69) is 43.3 Å². The third-order valence-corrected chi connectivity index (χ3v) is 5.34. The molecule has 1 aliphatic heterocycles. The molecule has 1 aromatic heterocycles. The highest BCUT2D eigenvalue weighted by Crippen LogP contribution is 2.49. The molecular formula is C25H21NO2. The third-order valence-electron chi connectivity index (χ3n) is 5.34. The zero-order valence-electron chi connectivity index (χ0n) is 16.0. The van der Waals surface area contributed by atoms with Gasteiger partial charge in [-0.25, -0.2) is 4.98 Å². The summed E-state index contributed by atoms with van der Waals surface area (Å²) < 4.78 is 12.4. The summed E-state index contributed by atoms with van der Waals surface area (Å²) in [4.78, 5) is 4.75. The Morgan fingerprint density at radius 1 is 0.821 bits per heavy atom. The molecule has 0 aliphatic carbocycles. The molecule has 4 aromatic rings. The molecule has 0 amide bonds. The predicted octanol–water partition coefficient (Wildman–Crippen LogP) is 6.50. The fourth-order valence-electron chi connectivity index (χ4n) is 3.94. The first-order chi connectivity index (χ1) is 13.7. The minimum atomic E-state index is -0.0526.